The molecule has 30 heavy (non-hydrogen) atoms. The molecule has 2 aromatic carbocycles. The van der Waals surface area contributed by atoms with Gasteiger partial charge in [-0.3, -0.25) is 0 Å². The lowest BCUT2D eigenvalue weighted by atomic mass is 9.67. The number of amides is 2. The number of benzene rings is 2. The molecule has 1 unspecified atom stereocenters. The van der Waals surface area contributed by atoms with Crippen molar-refractivity contribution in [3.8, 4) is 11.8 Å². The second-order valence-electron chi connectivity index (χ2n) is 8.35. The third kappa shape index (κ3) is 4.27. The first-order valence-corrected chi connectivity index (χ1v) is 10.4. The van der Waals surface area contributed by atoms with Crippen LogP contribution in [0.4, 0.5) is 10.5 Å². The number of likely N-dealkylation sites (N-methyl/N-ethyl adjacent to an activating group) is 1. The van der Waals surface area contributed by atoms with E-state index in [9.17, 15) is 9.90 Å². The number of likely N-dealkylation sites (tertiary alicyclic amines) is 1. The van der Waals surface area contributed by atoms with E-state index < -0.39 is 0 Å². The minimum atomic E-state index is -0.321. The molecule has 158 valence electrons. The van der Waals surface area contributed by atoms with Crippen LogP contribution in [0.15, 0.2) is 42.5 Å². The molecule has 0 aromatic heterocycles. The van der Waals surface area contributed by atoms with Gasteiger partial charge < -0.3 is 20.6 Å². The van der Waals surface area contributed by atoms with Gasteiger partial charge in [0.15, 0.2) is 0 Å². The van der Waals surface area contributed by atoms with Crippen LogP contribution < -0.4 is 10.6 Å². The molecule has 1 fully saturated rings. The summed E-state index contributed by atoms with van der Waals surface area (Å²) in [4.78, 5) is 15.1. The van der Waals surface area contributed by atoms with E-state index in [1.54, 1.807) is 30.3 Å². The Hall–Kier alpha value is -3.04. The van der Waals surface area contributed by atoms with Gasteiger partial charge in [0.2, 0.25) is 0 Å². The SMILES string of the molecule is CCc1ccc(O)cc1[C@@]1(C)CCN(C)C(C)[C@@H]1NC(=O)Nc1ccc(C#N)cc1. The molecule has 3 N–H and O–H groups in total. The molecule has 2 aromatic rings. The van der Waals surface area contributed by atoms with Crippen LogP contribution in [0.5, 0.6) is 5.75 Å². The number of nitriles is 1. The standard InChI is InChI=1S/C24H30N4O2/c1-5-18-8-11-20(29)14-21(18)24(3)12-13-28(4)16(2)22(24)27-23(30)26-19-9-6-17(15-25)7-10-19/h6-11,14,16,22,29H,5,12-13H2,1-4H3,(H2,26,27,30)/t16?,22-,24+/m0/s1. The third-order valence-corrected chi connectivity index (χ3v) is 6.50. The van der Waals surface area contributed by atoms with E-state index in [1.807, 2.05) is 12.1 Å². The van der Waals surface area contributed by atoms with Crippen molar-refractivity contribution in [1.82, 2.24) is 10.2 Å². The highest BCUT2D eigenvalue weighted by atomic mass is 16.3. The molecular formula is C24H30N4O2. The minimum absolute atomic E-state index is 0.113. The lowest BCUT2D eigenvalue weighted by molar-refractivity contribution is 0.0940. The van der Waals surface area contributed by atoms with Gasteiger partial charge in [-0.05, 0) is 80.9 Å². The van der Waals surface area contributed by atoms with Crippen molar-refractivity contribution in [3.63, 3.8) is 0 Å². The number of hydrogen-bond donors (Lipinski definition) is 3. The summed E-state index contributed by atoms with van der Waals surface area (Å²) in [6.45, 7) is 7.32. The molecule has 1 aliphatic heterocycles. The van der Waals surface area contributed by atoms with Crippen LogP contribution in [0.2, 0.25) is 0 Å². The number of hydrogen-bond acceptors (Lipinski definition) is 4. The Labute approximate surface area is 178 Å². The normalized spacial score (nSPS) is 24.1. The van der Waals surface area contributed by atoms with Gasteiger partial charge in [-0.2, -0.15) is 5.26 Å². The van der Waals surface area contributed by atoms with Crippen LogP contribution in [0.25, 0.3) is 0 Å². The number of aromatic hydroxyl groups is 1. The van der Waals surface area contributed by atoms with E-state index in [0.29, 0.717) is 11.3 Å². The van der Waals surface area contributed by atoms with Crippen LogP contribution in [-0.2, 0) is 11.8 Å². The number of carbonyl (C=O) groups is 1. The number of nitrogens with zero attached hydrogens (tertiary/aromatic N) is 2. The van der Waals surface area contributed by atoms with Crippen molar-refractivity contribution < 1.29 is 9.90 Å². The molecule has 0 radical (unpaired) electrons. The fraction of sp³-hybridized carbons (Fsp3) is 0.417. The first-order valence-electron chi connectivity index (χ1n) is 10.4. The smallest absolute Gasteiger partial charge is 0.319 e. The van der Waals surface area contributed by atoms with Gasteiger partial charge in [-0.1, -0.05) is 19.9 Å². The van der Waals surface area contributed by atoms with Crippen LogP contribution >= 0.6 is 0 Å². The van der Waals surface area contributed by atoms with Crippen molar-refractivity contribution in [3.05, 3.63) is 59.2 Å². The molecule has 0 aliphatic carbocycles. The summed E-state index contributed by atoms with van der Waals surface area (Å²) in [6.07, 6.45) is 1.73. The maximum Gasteiger partial charge on any atom is 0.319 e. The van der Waals surface area contributed by atoms with Crippen molar-refractivity contribution in [2.24, 2.45) is 0 Å². The fourth-order valence-corrected chi connectivity index (χ4v) is 4.48. The van der Waals surface area contributed by atoms with Crippen molar-refractivity contribution in [2.75, 3.05) is 18.9 Å². The second kappa shape index (κ2) is 8.76. The Bertz CT molecular complexity index is 951. The van der Waals surface area contributed by atoms with Gasteiger partial charge >= 0.3 is 6.03 Å². The van der Waals surface area contributed by atoms with Gasteiger partial charge in [-0.15, -0.1) is 0 Å². The average Bonchev–Trinajstić information content (AvgIpc) is 2.74. The summed E-state index contributed by atoms with van der Waals surface area (Å²) in [5.74, 6) is 0.246. The molecular weight excluding hydrogens is 376 g/mol. The fourth-order valence-electron chi connectivity index (χ4n) is 4.48. The number of urea groups is 1. The summed E-state index contributed by atoms with van der Waals surface area (Å²) >= 11 is 0. The van der Waals surface area contributed by atoms with E-state index in [1.165, 1.54) is 5.56 Å². The molecule has 0 spiro atoms. The van der Waals surface area contributed by atoms with Crippen LogP contribution in [0.1, 0.15) is 43.9 Å². The summed E-state index contributed by atoms with van der Waals surface area (Å²) < 4.78 is 0. The highest BCUT2D eigenvalue weighted by Gasteiger charge is 2.45. The quantitative estimate of drug-likeness (QED) is 0.716. The van der Waals surface area contributed by atoms with Gasteiger partial charge in [0.05, 0.1) is 17.7 Å². The Balaban J connectivity index is 1.89. The zero-order chi connectivity index (χ0) is 21.9. The minimum Gasteiger partial charge on any atom is -0.508 e. The Morgan fingerprint density at radius 3 is 2.63 bits per heavy atom. The lowest BCUT2D eigenvalue weighted by Gasteiger charge is -2.50. The number of carbonyl (C=O) groups excluding carboxylic acids is 1. The number of phenolic OH excluding ortho intramolecular Hbond substituents is 1. The first kappa shape index (κ1) is 21.7. The average molecular weight is 407 g/mol. The van der Waals surface area contributed by atoms with E-state index in [4.69, 9.17) is 5.26 Å². The number of nitrogens with one attached hydrogen (secondary N) is 2. The molecule has 0 bridgehead atoms. The van der Waals surface area contributed by atoms with Crippen molar-refractivity contribution >= 4 is 11.7 Å². The number of piperidine rings is 1. The highest BCUT2D eigenvalue weighted by Crippen LogP contribution is 2.40. The molecule has 6 nitrogen and oxygen atoms in total. The summed E-state index contributed by atoms with van der Waals surface area (Å²) in [6, 6.07) is 14.1. The summed E-state index contributed by atoms with van der Waals surface area (Å²) in [5.41, 5.74) is 3.14. The van der Waals surface area contributed by atoms with Crippen molar-refractivity contribution in [1.29, 1.82) is 5.26 Å². The zero-order valence-electron chi connectivity index (χ0n) is 18.1. The maximum atomic E-state index is 12.9. The molecule has 2 amide bonds. The highest BCUT2D eigenvalue weighted by molar-refractivity contribution is 5.89. The second-order valence-corrected chi connectivity index (χ2v) is 8.35. The molecule has 3 atom stereocenters. The molecule has 1 heterocycles. The van der Waals surface area contributed by atoms with Crippen molar-refractivity contribution in [2.45, 2.75) is 51.1 Å². The molecule has 0 saturated carbocycles. The number of anilines is 1. The number of phenols is 1. The van der Waals surface area contributed by atoms with E-state index in [2.05, 4.69) is 49.4 Å². The Morgan fingerprint density at radius 2 is 2.00 bits per heavy atom. The van der Waals surface area contributed by atoms with Crippen LogP contribution in [-0.4, -0.2) is 41.7 Å². The zero-order valence-corrected chi connectivity index (χ0v) is 18.1. The van der Waals surface area contributed by atoms with Crippen LogP contribution in [0, 0.1) is 11.3 Å². The Morgan fingerprint density at radius 1 is 1.30 bits per heavy atom. The van der Waals surface area contributed by atoms with Gasteiger partial charge in [-0.25, -0.2) is 4.79 Å². The van der Waals surface area contributed by atoms with Gasteiger partial charge in [0.1, 0.15) is 5.75 Å². The summed E-state index contributed by atoms with van der Waals surface area (Å²) in [7, 11) is 2.07. The third-order valence-electron chi connectivity index (χ3n) is 6.50. The predicted octanol–water partition coefficient (Wildman–Crippen LogP) is 4.00. The predicted molar refractivity (Wildman–Crippen MR) is 119 cm³/mol. The van der Waals surface area contributed by atoms with Gasteiger partial charge in [0.25, 0.3) is 0 Å². The van der Waals surface area contributed by atoms with Gasteiger partial charge in [0, 0.05) is 17.1 Å². The van der Waals surface area contributed by atoms with E-state index >= 15 is 0 Å². The monoisotopic (exact) mass is 406 g/mol. The first-order chi connectivity index (χ1) is 14.3. The molecule has 1 saturated heterocycles. The van der Waals surface area contributed by atoms with Crippen LogP contribution in [0.3, 0.4) is 0 Å². The maximum absolute atomic E-state index is 12.9. The van der Waals surface area contributed by atoms with E-state index in [0.717, 1.165) is 24.9 Å². The largest absolute Gasteiger partial charge is 0.508 e. The topological polar surface area (TPSA) is 88.4 Å². The summed E-state index contributed by atoms with van der Waals surface area (Å²) in [5, 5.41) is 25.2. The Kier molecular flexibility index (Phi) is 6.33. The molecule has 3 rings (SSSR count). The van der Waals surface area contributed by atoms with E-state index in [-0.39, 0.29) is 29.3 Å². The lowest BCUT2D eigenvalue weighted by Crippen LogP contribution is -2.63. The molecule has 1 aliphatic rings. The number of aryl methyl sites for hydroxylation is 1. The number of rotatable bonds is 4. The molecule has 6 heteroatoms.